The molecule has 1 aromatic rings. The van der Waals surface area contributed by atoms with E-state index in [1.165, 1.54) is 11.8 Å². The van der Waals surface area contributed by atoms with Crippen molar-refractivity contribution in [2.75, 3.05) is 4.90 Å². The van der Waals surface area contributed by atoms with Crippen molar-refractivity contribution in [3.05, 3.63) is 30.3 Å². The maximum atomic E-state index is 12.6. The number of benzene rings is 1. The number of nitrogens with zero attached hydrogens (tertiary/aromatic N) is 1. The van der Waals surface area contributed by atoms with Crippen molar-refractivity contribution in [3.8, 4) is 0 Å². The van der Waals surface area contributed by atoms with Gasteiger partial charge in [0.05, 0.1) is 17.5 Å². The van der Waals surface area contributed by atoms with Gasteiger partial charge in [-0.15, -0.1) is 0 Å². The third-order valence-corrected chi connectivity index (χ3v) is 3.79. The first-order valence-electron chi connectivity index (χ1n) is 7.07. The van der Waals surface area contributed by atoms with Crippen LogP contribution in [0.3, 0.4) is 0 Å². The molecule has 5 heteroatoms. The van der Waals surface area contributed by atoms with Crippen LogP contribution in [0.4, 0.5) is 5.69 Å². The van der Waals surface area contributed by atoms with Gasteiger partial charge in [0, 0.05) is 6.92 Å². The Bertz CT molecular complexity index is 555. The van der Waals surface area contributed by atoms with Crippen LogP contribution in [0.1, 0.15) is 27.2 Å². The smallest absolute Gasteiger partial charge is 0.302 e. The summed E-state index contributed by atoms with van der Waals surface area (Å²) in [5.74, 6) is -2.10. The highest BCUT2D eigenvalue weighted by molar-refractivity contribution is 6.22. The number of ether oxygens (including phenoxy) is 1. The lowest BCUT2D eigenvalue weighted by atomic mass is 9.90. The predicted octanol–water partition coefficient (Wildman–Crippen LogP) is 2.15. The van der Waals surface area contributed by atoms with E-state index in [1.807, 2.05) is 13.0 Å². The minimum Gasteiger partial charge on any atom is -0.462 e. The molecule has 0 aromatic heterocycles. The van der Waals surface area contributed by atoms with Crippen LogP contribution in [0, 0.1) is 11.8 Å². The van der Waals surface area contributed by atoms with Crippen molar-refractivity contribution >= 4 is 23.5 Å². The van der Waals surface area contributed by atoms with Crippen LogP contribution in [-0.4, -0.2) is 23.9 Å². The first kappa shape index (κ1) is 15.2. The maximum absolute atomic E-state index is 12.6. The fourth-order valence-corrected chi connectivity index (χ4v) is 2.77. The predicted molar refractivity (Wildman–Crippen MR) is 77.4 cm³/mol. The Labute approximate surface area is 123 Å². The molecule has 1 aliphatic heterocycles. The lowest BCUT2D eigenvalue weighted by Crippen LogP contribution is -2.35. The Kier molecular flexibility index (Phi) is 4.40. The molecule has 1 aliphatic rings. The summed E-state index contributed by atoms with van der Waals surface area (Å²) in [6, 6.07) is 8.81. The average molecular weight is 289 g/mol. The molecule has 2 amide bonds. The van der Waals surface area contributed by atoms with Crippen LogP contribution >= 0.6 is 0 Å². The summed E-state index contributed by atoms with van der Waals surface area (Å²) in [5, 5.41) is 0. The zero-order valence-electron chi connectivity index (χ0n) is 12.4. The Morgan fingerprint density at radius 3 is 2.38 bits per heavy atom. The van der Waals surface area contributed by atoms with Crippen molar-refractivity contribution in [2.45, 2.75) is 33.3 Å². The van der Waals surface area contributed by atoms with Crippen LogP contribution in [0.2, 0.25) is 0 Å². The number of hydrogen-bond donors (Lipinski definition) is 0. The third-order valence-electron chi connectivity index (χ3n) is 3.79. The van der Waals surface area contributed by atoms with Crippen molar-refractivity contribution < 1.29 is 19.1 Å². The summed E-state index contributed by atoms with van der Waals surface area (Å²) in [4.78, 5) is 37.4. The molecule has 0 bridgehead atoms. The molecule has 5 nitrogen and oxygen atoms in total. The van der Waals surface area contributed by atoms with E-state index in [4.69, 9.17) is 4.74 Å². The van der Waals surface area contributed by atoms with Crippen molar-refractivity contribution in [3.63, 3.8) is 0 Å². The monoisotopic (exact) mass is 289 g/mol. The summed E-state index contributed by atoms with van der Waals surface area (Å²) in [6.45, 7) is 4.85. The van der Waals surface area contributed by atoms with Gasteiger partial charge in [-0.1, -0.05) is 32.0 Å². The van der Waals surface area contributed by atoms with E-state index < -0.39 is 23.9 Å². The van der Waals surface area contributed by atoms with Gasteiger partial charge in [-0.25, -0.2) is 4.90 Å². The number of esters is 1. The van der Waals surface area contributed by atoms with Gasteiger partial charge in [0.15, 0.2) is 0 Å². The molecule has 2 rings (SSSR count). The molecule has 0 saturated carbocycles. The highest BCUT2D eigenvalue weighted by atomic mass is 16.5. The second-order valence-electron chi connectivity index (χ2n) is 5.22. The molecule has 112 valence electrons. The number of amides is 2. The van der Waals surface area contributed by atoms with Crippen molar-refractivity contribution in [2.24, 2.45) is 11.8 Å². The molecule has 0 aliphatic carbocycles. The largest absolute Gasteiger partial charge is 0.462 e. The van der Waals surface area contributed by atoms with Gasteiger partial charge in [0.2, 0.25) is 11.8 Å². The van der Waals surface area contributed by atoms with Gasteiger partial charge < -0.3 is 4.74 Å². The van der Waals surface area contributed by atoms with E-state index in [0.29, 0.717) is 12.1 Å². The quantitative estimate of drug-likeness (QED) is 0.629. The van der Waals surface area contributed by atoms with Gasteiger partial charge in [-0.3, -0.25) is 14.4 Å². The molecule has 0 N–H and O–H groups in total. The average Bonchev–Trinajstić information content (AvgIpc) is 2.68. The normalized spacial score (nSPS) is 23.3. The zero-order valence-corrected chi connectivity index (χ0v) is 12.4. The van der Waals surface area contributed by atoms with Crippen LogP contribution in [-0.2, 0) is 19.1 Å². The van der Waals surface area contributed by atoms with Crippen LogP contribution in [0.15, 0.2) is 30.3 Å². The number of para-hydroxylation sites is 1. The van der Waals surface area contributed by atoms with Gasteiger partial charge in [0.25, 0.3) is 0 Å². The minimum atomic E-state index is -0.619. The number of carbonyl (C=O) groups excluding carboxylic acids is 3. The zero-order chi connectivity index (χ0) is 15.6. The van der Waals surface area contributed by atoms with Gasteiger partial charge in [-0.05, 0) is 18.6 Å². The number of imide groups is 1. The SMILES string of the molecule is CCC(OC(C)=O)C1C(=O)N(c2ccccc2)C(=O)C1C. The fourth-order valence-electron chi connectivity index (χ4n) is 2.77. The molecule has 1 fully saturated rings. The van der Waals surface area contributed by atoms with Crippen LogP contribution < -0.4 is 4.90 Å². The third kappa shape index (κ3) is 2.82. The van der Waals surface area contributed by atoms with E-state index in [0.717, 1.165) is 0 Å². The van der Waals surface area contributed by atoms with Crippen molar-refractivity contribution in [1.29, 1.82) is 0 Å². The Balaban J connectivity index is 2.32. The van der Waals surface area contributed by atoms with Gasteiger partial charge >= 0.3 is 5.97 Å². The van der Waals surface area contributed by atoms with Gasteiger partial charge in [0.1, 0.15) is 6.10 Å². The lowest BCUT2D eigenvalue weighted by molar-refractivity contribution is -0.152. The summed E-state index contributed by atoms with van der Waals surface area (Å²) >= 11 is 0. The molecule has 1 aromatic carbocycles. The number of hydrogen-bond acceptors (Lipinski definition) is 4. The lowest BCUT2D eigenvalue weighted by Gasteiger charge is -2.22. The van der Waals surface area contributed by atoms with Crippen LogP contribution in [0.25, 0.3) is 0 Å². The molecule has 1 saturated heterocycles. The van der Waals surface area contributed by atoms with Gasteiger partial charge in [-0.2, -0.15) is 0 Å². The molecule has 0 spiro atoms. The number of rotatable bonds is 4. The Morgan fingerprint density at radius 1 is 1.24 bits per heavy atom. The number of anilines is 1. The van der Waals surface area contributed by atoms with E-state index in [1.54, 1.807) is 31.2 Å². The topological polar surface area (TPSA) is 63.7 Å². The second-order valence-corrected chi connectivity index (χ2v) is 5.22. The standard InChI is InChI=1S/C16H19NO4/c1-4-13(21-11(3)18)14-10(2)15(19)17(16(14)20)12-8-6-5-7-9-12/h5-10,13-14H,4H2,1-3H3. The maximum Gasteiger partial charge on any atom is 0.302 e. The van der Waals surface area contributed by atoms with Crippen molar-refractivity contribution in [1.82, 2.24) is 0 Å². The second kappa shape index (κ2) is 6.08. The Hall–Kier alpha value is -2.17. The summed E-state index contributed by atoms with van der Waals surface area (Å²) in [7, 11) is 0. The fraction of sp³-hybridized carbons (Fsp3) is 0.438. The molecule has 3 unspecified atom stereocenters. The van der Waals surface area contributed by atoms with Crippen LogP contribution in [0.5, 0.6) is 0 Å². The molecular weight excluding hydrogens is 270 g/mol. The highest BCUT2D eigenvalue weighted by Crippen LogP contribution is 2.34. The Morgan fingerprint density at radius 2 is 1.86 bits per heavy atom. The van der Waals surface area contributed by atoms with E-state index in [-0.39, 0.29) is 11.8 Å². The molecule has 21 heavy (non-hydrogen) atoms. The molecular formula is C16H19NO4. The molecule has 1 heterocycles. The minimum absolute atomic E-state index is 0.248. The summed E-state index contributed by atoms with van der Waals surface area (Å²) < 4.78 is 5.22. The van der Waals surface area contributed by atoms with E-state index in [9.17, 15) is 14.4 Å². The molecule has 0 radical (unpaired) electrons. The molecule has 3 atom stereocenters. The van der Waals surface area contributed by atoms with E-state index >= 15 is 0 Å². The van der Waals surface area contributed by atoms with E-state index in [2.05, 4.69) is 0 Å². The highest BCUT2D eigenvalue weighted by Gasteiger charge is 2.49. The first-order valence-corrected chi connectivity index (χ1v) is 7.07. The summed E-state index contributed by atoms with van der Waals surface area (Å²) in [5.41, 5.74) is 0.555. The first-order chi connectivity index (χ1) is 9.97. The number of carbonyl (C=O) groups is 3. The summed E-state index contributed by atoms with van der Waals surface area (Å²) in [6.07, 6.45) is -0.0707.